The number of esters is 3. The van der Waals surface area contributed by atoms with E-state index in [1.54, 1.807) is 39.8 Å². The number of aldehydes is 1. The fourth-order valence-electron chi connectivity index (χ4n) is 3.37. The predicted molar refractivity (Wildman–Crippen MR) is 109 cm³/mol. The molecule has 0 bridgehead atoms. The summed E-state index contributed by atoms with van der Waals surface area (Å²) in [4.78, 5) is 49.2. The van der Waals surface area contributed by atoms with Crippen LogP contribution in [0.4, 0.5) is 0 Å². The van der Waals surface area contributed by atoms with Crippen LogP contribution in [0.5, 0.6) is 0 Å². The Morgan fingerprint density at radius 3 is 2.33 bits per heavy atom. The summed E-state index contributed by atoms with van der Waals surface area (Å²) in [6, 6.07) is 0. The molecule has 2 rings (SSSR count). The molecule has 1 aliphatic carbocycles. The Morgan fingerprint density at radius 2 is 1.77 bits per heavy atom. The third-order valence-corrected chi connectivity index (χ3v) is 5.18. The second kappa shape index (κ2) is 9.87. The monoisotopic (exact) mass is 418 g/mol. The summed E-state index contributed by atoms with van der Waals surface area (Å²) in [5.41, 5.74) is 1.26. The molecule has 1 aliphatic heterocycles. The summed E-state index contributed by atoms with van der Waals surface area (Å²) in [5.74, 6) is -3.41. The number of fused-ring (bicyclic) bond motifs is 1. The molecule has 4 unspecified atom stereocenters. The van der Waals surface area contributed by atoms with Gasteiger partial charge in [-0.15, -0.1) is 0 Å². The zero-order valence-corrected chi connectivity index (χ0v) is 18.2. The molecule has 0 radical (unpaired) electrons. The van der Waals surface area contributed by atoms with E-state index in [2.05, 4.69) is 6.58 Å². The van der Waals surface area contributed by atoms with Crippen LogP contribution in [0.1, 0.15) is 47.5 Å². The molecule has 30 heavy (non-hydrogen) atoms. The van der Waals surface area contributed by atoms with Crippen LogP contribution in [-0.4, -0.2) is 42.5 Å². The van der Waals surface area contributed by atoms with Gasteiger partial charge in [-0.1, -0.05) is 45.9 Å². The normalized spacial score (nSPS) is 27.0. The first-order chi connectivity index (χ1) is 14.1. The highest BCUT2D eigenvalue weighted by molar-refractivity contribution is 5.91. The average molecular weight is 418 g/mol. The van der Waals surface area contributed by atoms with Gasteiger partial charge in [-0.2, -0.15) is 0 Å². The SMILES string of the molecule is C=C1C(=O)OC2C=C(C)CCC=C(C=O)C(OC(=O)C(C)C)C(OC(=O)C(C)C)C12. The molecule has 0 spiro atoms. The molecule has 0 aromatic heterocycles. The Balaban J connectivity index is 2.63. The molecule has 0 aromatic carbocycles. The molecule has 7 nitrogen and oxygen atoms in total. The maximum atomic E-state index is 12.5. The molecule has 1 saturated heterocycles. The third-order valence-electron chi connectivity index (χ3n) is 5.18. The number of hydrogen-bond donors (Lipinski definition) is 0. The largest absolute Gasteiger partial charge is 0.457 e. The van der Waals surface area contributed by atoms with Crippen molar-refractivity contribution in [3.8, 4) is 0 Å². The van der Waals surface area contributed by atoms with E-state index in [1.807, 2.05) is 6.92 Å². The fraction of sp³-hybridized carbons (Fsp3) is 0.565. The Bertz CT molecular complexity index is 787. The summed E-state index contributed by atoms with van der Waals surface area (Å²) < 4.78 is 16.9. The van der Waals surface area contributed by atoms with Gasteiger partial charge in [0.1, 0.15) is 12.4 Å². The van der Waals surface area contributed by atoms with Crippen molar-refractivity contribution >= 4 is 24.2 Å². The van der Waals surface area contributed by atoms with Crippen LogP contribution in [0.15, 0.2) is 35.5 Å². The number of allylic oxidation sites excluding steroid dienone is 2. The Morgan fingerprint density at radius 1 is 1.17 bits per heavy atom. The van der Waals surface area contributed by atoms with Crippen LogP contribution in [0.25, 0.3) is 0 Å². The Hall–Kier alpha value is -2.70. The van der Waals surface area contributed by atoms with E-state index in [9.17, 15) is 19.2 Å². The molecule has 0 saturated carbocycles. The summed E-state index contributed by atoms with van der Waals surface area (Å²) in [7, 11) is 0. The van der Waals surface area contributed by atoms with Crippen LogP contribution in [0.3, 0.4) is 0 Å². The highest BCUT2D eigenvalue weighted by atomic mass is 16.6. The van der Waals surface area contributed by atoms with Crippen LogP contribution in [0.2, 0.25) is 0 Å². The second-order valence-electron chi connectivity index (χ2n) is 8.36. The second-order valence-corrected chi connectivity index (χ2v) is 8.36. The molecule has 164 valence electrons. The van der Waals surface area contributed by atoms with Crippen molar-refractivity contribution in [3.05, 3.63) is 35.5 Å². The minimum Gasteiger partial charge on any atom is -0.457 e. The fourth-order valence-corrected chi connectivity index (χ4v) is 3.37. The minimum atomic E-state index is -1.18. The van der Waals surface area contributed by atoms with Crippen molar-refractivity contribution in [1.29, 1.82) is 0 Å². The molecule has 4 atom stereocenters. The van der Waals surface area contributed by atoms with Crippen LogP contribution >= 0.6 is 0 Å². The number of carbonyl (C=O) groups is 4. The van der Waals surface area contributed by atoms with Gasteiger partial charge in [-0.05, 0) is 25.8 Å². The lowest BCUT2D eigenvalue weighted by Gasteiger charge is -2.33. The maximum Gasteiger partial charge on any atom is 0.334 e. The van der Waals surface area contributed by atoms with E-state index in [-0.39, 0.29) is 11.1 Å². The van der Waals surface area contributed by atoms with Crippen molar-refractivity contribution in [3.63, 3.8) is 0 Å². The quantitative estimate of drug-likeness (QED) is 0.223. The van der Waals surface area contributed by atoms with Gasteiger partial charge in [-0.3, -0.25) is 14.4 Å². The summed E-state index contributed by atoms with van der Waals surface area (Å²) >= 11 is 0. The van der Waals surface area contributed by atoms with Gasteiger partial charge in [0, 0.05) is 11.1 Å². The topological polar surface area (TPSA) is 96.0 Å². The van der Waals surface area contributed by atoms with Crippen molar-refractivity contribution in [2.24, 2.45) is 17.8 Å². The molecular formula is C23H30O7. The van der Waals surface area contributed by atoms with Crippen molar-refractivity contribution < 1.29 is 33.4 Å². The van der Waals surface area contributed by atoms with Gasteiger partial charge < -0.3 is 14.2 Å². The number of rotatable bonds is 5. The molecule has 1 heterocycles. The molecule has 2 aliphatic rings. The molecule has 0 aromatic rings. The van der Waals surface area contributed by atoms with Crippen LogP contribution < -0.4 is 0 Å². The number of carbonyl (C=O) groups excluding carboxylic acids is 4. The molecule has 0 amide bonds. The lowest BCUT2D eigenvalue weighted by atomic mass is 9.83. The number of ether oxygens (including phenoxy) is 3. The zero-order chi connectivity index (χ0) is 22.6. The summed E-state index contributed by atoms with van der Waals surface area (Å²) in [6.07, 6.45) is 2.19. The van der Waals surface area contributed by atoms with Crippen molar-refractivity contribution in [2.45, 2.75) is 65.8 Å². The maximum absolute atomic E-state index is 12.5. The van der Waals surface area contributed by atoms with E-state index >= 15 is 0 Å². The average Bonchev–Trinajstić information content (AvgIpc) is 2.94. The lowest BCUT2D eigenvalue weighted by Crippen LogP contribution is -2.46. The van der Waals surface area contributed by atoms with E-state index in [4.69, 9.17) is 14.2 Å². The van der Waals surface area contributed by atoms with Crippen molar-refractivity contribution in [2.75, 3.05) is 0 Å². The first-order valence-electron chi connectivity index (χ1n) is 10.2. The van der Waals surface area contributed by atoms with E-state index in [0.717, 1.165) is 5.57 Å². The van der Waals surface area contributed by atoms with E-state index < -0.39 is 54.0 Å². The van der Waals surface area contributed by atoms with Crippen LogP contribution in [0, 0.1) is 17.8 Å². The van der Waals surface area contributed by atoms with E-state index in [1.165, 1.54) is 0 Å². The first-order valence-corrected chi connectivity index (χ1v) is 10.2. The van der Waals surface area contributed by atoms with Gasteiger partial charge in [0.2, 0.25) is 0 Å². The summed E-state index contributed by atoms with van der Waals surface area (Å²) in [6.45, 7) is 12.4. The first kappa shape index (κ1) is 23.6. The van der Waals surface area contributed by atoms with Gasteiger partial charge in [0.25, 0.3) is 0 Å². The predicted octanol–water partition coefficient (Wildman–Crippen LogP) is 3.09. The van der Waals surface area contributed by atoms with Crippen molar-refractivity contribution in [1.82, 2.24) is 0 Å². The molecule has 0 N–H and O–H groups in total. The van der Waals surface area contributed by atoms with Gasteiger partial charge in [0.05, 0.1) is 17.8 Å². The lowest BCUT2D eigenvalue weighted by molar-refractivity contribution is -0.174. The van der Waals surface area contributed by atoms with E-state index in [0.29, 0.717) is 19.1 Å². The smallest absolute Gasteiger partial charge is 0.334 e. The molecular weight excluding hydrogens is 388 g/mol. The van der Waals surface area contributed by atoms with Crippen LogP contribution in [-0.2, 0) is 33.4 Å². The molecule has 1 fully saturated rings. The van der Waals surface area contributed by atoms with Gasteiger partial charge in [-0.25, -0.2) is 4.79 Å². The summed E-state index contributed by atoms with van der Waals surface area (Å²) in [5, 5.41) is 0. The number of hydrogen-bond acceptors (Lipinski definition) is 7. The Labute approximate surface area is 177 Å². The highest BCUT2D eigenvalue weighted by Crippen LogP contribution is 2.37. The zero-order valence-electron chi connectivity index (χ0n) is 18.2. The van der Waals surface area contributed by atoms with Gasteiger partial charge in [0.15, 0.2) is 12.2 Å². The highest BCUT2D eigenvalue weighted by Gasteiger charge is 2.49. The minimum absolute atomic E-state index is 0.113. The Kier molecular flexibility index (Phi) is 7.76. The molecule has 7 heteroatoms. The standard InChI is InChI=1S/C23H30O7/c1-12(2)21(25)29-19-16(11-24)9-7-8-14(5)10-17-18(15(6)23(27)28-17)20(19)30-22(26)13(3)4/h9-13,17-20H,6-8H2,1-5H3. The third kappa shape index (κ3) is 5.26. The van der Waals surface area contributed by atoms with Gasteiger partial charge >= 0.3 is 17.9 Å².